The summed E-state index contributed by atoms with van der Waals surface area (Å²) < 4.78 is 0. The van der Waals surface area contributed by atoms with Crippen LogP contribution in [0.5, 0.6) is 0 Å². The van der Waals surface area contributed by atoms with Crippen LogP contribution in [0.3, 0.4) is 0 Å². The van der Waals surface area contributed by atoms with Gasteiger partial charge in [0.2, 0.25) is 5.95 Å². The van der Waals surface area contributed by atoms with Crippen molar-refractivity contribution < 1.29 is 0 Å². The second-order valence-electron chi connectivity index (χ2n) is 3.53. The molecule has 1 aliphatic rings. The number of aromatic nitrogens is 2. The molecule has 0 radical (unpaired) electrons. The molecule has 4 heteroatoms. The van der Waals surface area contributed by atoms with Gasteiger partial charge in [0.25, 0.3) is 0 Å². The van der Waals surface area contributed by atoms with E-state index in [-0.39, 0.29) is 0 Å². The van der Waals surface area contributed by atoms with Gasteiger partial charge in [-0.2, -0.15) is 4.98 Å². The Hall–Kier alpha value is -1.58. The maximum Gasteiger partial charge on any atom is 0.221 e. The number of hydrogen-bond donors (Lipinski definition) is 1. The molecule has 0 fully saturated rings. The van der Waals surface area contributed by atoms with Crippen LogP contribution in [0.2, 0.25) is 0 Å². The fourth-order valence-electron chi connectivity index (χ4n) is 1.65. The number of anilines is 2. The molecule has 0 spiro atoms. The summed E-state index contributed by atoms with van der Waals surface area (Å²) >= 11 is 0. The molecule has 1 aromatic heterocycles. The number of nitrogens with two attached hydrogens (primary N) is 1. The predicted octanol–water partition coefficient (Wildman–Crippen LogP) is 1.22. The van der Waals surface area contributed by atoms with Crippen LogP contribution in [-0.2, 0) is 0 Å². The van der Waals surface area contributed by atoms with Crippen molar-refractivity contribution in [2.75, 3.05) is 23.7 Å². The summed E-state index contributed by atoms with van der Waals surface area (Å²) in [5.74, 6) is 1.26. The average Bonchev–Trinajstić information content (AvgIpc) is 2.18. The maximum atomic E-state index is 5.54. The van der Waals surface area contributed by atoms with Gasteiger partial charge < -0.3 is 10.6 Å². The average molecular weight is 190 g/mol. The molecule has 0 unspecified atom stereocenters. The van der Waals surface area contributed by atoms with Gasteiger partial charge >= 0.3 is 0 Å². The highest BCUT2D eigenvalue weighted by Gasteiger charge is 2.11. The molecule has 4 nitrogen and oxygen atoms in total. The monoisotopic (exact) mass is 190 g/mol. The molecular weight excluding hydrogens is 176 g/mol. The molecule has 0 saturated carbocycles. The summed E-state index contributed by atoms with van der Waals surface area (Å²) in [6, 6.07) is 1.90. The predicted molar refractivity (Wildman–Crippen MR) is 57.0 cm³/mol. The van der Waals surface area contributed by atoms with Crippen LogP contribution in [0.4, 0.5) is 11.8 Å². The SMILES string of the molecule is CC1=CCCN(c2ccnc(N)n2)C1. The highest BCUT2D eigenvalue weighted by atomic mass is 15.2. The summed E-state index contributed by atoms with van der Waals surface area (Å²) in [6.07, 6.45) is 5.04. The molecule has 1 aromatic rings. The smallest absolute Gasteiger partial charge is 0.221 e. The Morgan fingerprint density at radius 2 is 2.36 bits per heavy atom. The van der Waals surface area contributed by atoms with Crippen molar-refractivity contribution in [2.24, 2.45) is 0 Å². The van der Waals surface area contributed by atoms with Crippen LogP contribution in [-0.4, -0.2) is 23.1 Å². The van der Waals surface area contributed by atoms with Crippen LogP contribution in [0.15, 0.2) is 23.9 Å². The van der Waals surface area contributed by atoms with Gasteiger partial charge in [0.05, 0.1) is 0 Å². The lowest BCUT2D eigenvalue weighted by Crippen LogP contribution is -2.30. The van der Waals surface area contributed by atoms with Gasteiger partial charge in [-0.25, -0.2) is 4.98 Å². The van der Waals surface area contributed by atoms with Gasteiger partial charge in [-0.3, -0.25) is 0 Å². The summed E-state index contributed by atoms with van der Waals surface area (Å²) in [5, 5.41) is 0. The van der Waals surface area contributed by atoms with Crippen molar-refractivity contribution >= 4 is 11.8 Å². The first-order valence-corrected chi connectivity index (χ1v) is 4.75. The highest BCUT2D eigenvalue weighted by Crippen LogP contribution is 2.16. The lowest BCUT2D eigenvalue weighted by Gasteiger charge is -2.26. The number of nitrogen functional groups attached to an aromatic ring is 1. The standard InChI is InChI=1S/C10H14N4/c1-8-3-2-6-14(7-8)9-4-5-12-10(11)13-9/h3-5H,2,6-7H2,1H3,(H2,11,12,13). The summed E-state index contributed by atoms with van der Waals surface area (Å²) in [5.41, 5.74) is 6.92. The van der Waals surface area contributed by atoms with Crippen LogP contribution in [0.1, 0.15) is 13.3 Å². The number of nitrogens with zero attached hydrogens (tertiary/aromatic N) is 3. The van der Waals surface area contributed by atoms with Crippen LogP contribution < -0.4 is 10.6 Å². The Morgan fingerprint density at radius 3 is 3.07 bits per heavy atom. The Labute approximate surface area is 83.5 Å². The molecule has 0 atom stereocenters. The zero-order valence-electron chi connectivity index (χ0n) is 8.27. The fourth-order valence-corrected chi connectivity index (χ4v) is 1.65. The van der Waals surface area contributed by atoms with Crippen LogP contribution >= 0.6 is 0 Å². The molecule has 2 N–H and O–H groups in total. The highest BCUT2D eigenvalue weighted by molar-refractivity contribution is 5.43. The summed E-state index contributed by atoms with van der Waals surface area (Å²) in [7, 11) is 0. The third-order valence-corrected chi connectivity index (χ3v) is 2.32. The Balaban J connectivity index is 2.19. The lowest BCUT2D eigenvalue weighted by atomic mass is 10.1. The van der Waals surface area contributed by atoms with Crippen molar-refractivity contribution in [3.05, 3.63) is 23.9 Å². The minimum atomic E-state index is 0.342. The molecule has 2 rings (SSSR count). The number of hydrogen-bond acceptors (Lipinski definition) is 4. The van der Waals surface area contributed by atoms with Crippen LogP contribution in [0.25, 0.3) is 0 Å². The molecule has 0 amide bonds. The zero-order chi connectivity index (χ0) is 9.97. The van der Waals surface area contributed by atoms with Crippen molar-refractivity contribution in [1.29, 1.82) is 0 Å². The molecule has 0 bridgehead atoms. The molecule has 74 valence electrons. The minimum Gasteiger partial charge on any atom is -0.368 e. The summed E-state index contributed by atoms with van der Waals surface area (Å²) in [6.45, 7) is 4.08. The number of rotatable bonds is 1. The molecule has 2 heterocycles. The van der Waals surface area contributed by atoms with Gasteiger partial charge in [0, 0.05) is 19.3 Å². The first-order valence-electron chi connectivity index (χ1n) is 4.75. The van der Waals surface area contributed by atoms with Gasteiger partial charge in [-0.15, -0.1) is 0 Å². The second kappa shape index (κ2) is 3.65. The first kappa shape index (κ1) is 8.99. The largest absolute Gasteiger partial charge is 0.368 e. The Bertz CT molecular complexity index is 359. The van der Waals surface area contributed by atoms with E-state index in [4.69, 9.17) is 5.73 Å². The van der Waals surface area contributed by atoms with Gasteiger partial charge in [0.1, 0.15) is 5.82 Å². The van der Waals surface area contributed by atoms with E-state index in [1.165, 1.54) is 5.57 Å². The quantitative estimate of drug-likeness (QED) is 0.676. The van der Waals surface area contributed by atoms with E-state index in [1.54, 1.807) is 6.20 Å². The third kappa shape index (κ3) is 1.84. The molecule has 1 aliphatic heterocycles. The van der Waals surface area contributed by atoms with E-state index < -0.39 is 0 Å². The molecular formula is C10H14N4. The molecule has 14 heavy (non-hydrogen) atoms. The third-order valence-electron chi connectivity index (χ3n) is 2.32. The second-order valence-corrected chi connectivity index (χ2v) is 3.53. The molecule has 0 aliphatic carbocycles. The molecule has 0 aromatic carbocycles. The first-order chi connectivity index (χ1) is 6.75. The van der Waals surface area contributed by atoms with Crippen LogP contribution in [0, 0.1) is 0 Å². The maximum absolute atomic E-state index is 5.54. The zero-order valence-corrected chi connectivity index (χ0v) is 8.27. The minimum absolute atomic E-state index is 0.342. The van der Waals surface area contributed by atoms with E-state index in [0.29, 0.717) is 5.95 Å². The summed E-state index contributed by atoms with van der Waals surface area (Å²) in [4.78, 5) is 10.3. The van der Waals surface area contributed by atoms with Crippen molar-refractivity contribution in [3.63, 3.8) is 0 Å². The Morgan fingerprint density at radius 1 is 1.50 bits per heavy atom. The van der Waals surface area contributed by atoms with Crippen molar-refractivity contribution in [3.8, 4) is 0 Å². The van der Waals surface area contributed by atoms with Gasteiger partial charge in [-0.1, -0.05) is 11.6 Å². The lowest BCUT2D eigenvalue weighted by molar-refractivity contribution is 0.777. The van der Waals surface area contributed by atoms with E-state index in [0.717, 1.165) is 25.3 Å². The van der Waals surface area contributed by atoms with Crippen molar-refractivity contribution in [1.82, 2.24) is 9.97 Å². The van der Waals surface area contributed by atoms with Gasteiger partial charge in [0.15, 0.2) is 0 Å². The van der Waals surface area contributed by atoms with Gasteiger partial charge in [-0.05, 0) is 19.4 Å². The van der Waals surface area contributed by atoms with E-state index in [9.17, 15) is 0 Å². The van der Waals surface area contributed by atoms with E-state index in [1.807, 2.05) is 6.07 Å². The topological polar surface area (TPSA) is 55.0 Å². The van der Waals surface area contributed by atoms with E-state index in [2.05, 4.69) is 27.9 Å². The normalized spacial score (nSPS) is 16.6. The Kier molecular flexibility index (Phi) is 2.35. The fraction of sp³-hybridized carbons (Fsp3) is 0.400. The molecule has 0 saturated heterocycles. The van der Waals surface area contributed by atoms with Crippen molar-refractivity contribution in [2.45, 2.75) is 13.3 Å². The van der Waals surface area contributed by atoms with E-state index >= 15 is 0 Å².